The molecule has 2 nitrogen and oxygen atoms in total. The first-order valence-electron chi connectivity index (χ1n) is 5.15. The molecule has 0 aromatic carbocycles. The highest BCUT2D eigenvalue weighted by atomic mass is 32.2. The van der Waals surface area contributed by atoms with Crippen LogP contribution in [0.5, 0.6) is 0 Å². The molecule has 1 aliphatic heterocycles. The highest BCUT2D eigenvalue weighted by Crippen LogP contribution is 2.14. The standard InChI is InChI=1S/C10H22N2S/c1-9-8-12(2)6-4-10(9)11-5-7-13-3/h9-11H,4-8H2,1-3H3. The fraction of sp³-hybridized carbons (Fsp3) is 1.00. The maximum Gasteiger partial charge on any atom is 0.0117 e. The van der Waals surface area contributed by atoms with Crippen LogP contribution < -0.4 is 5.32 Å². The van der Waals surface area contributed by atoms with E-state index in [0.717, 1.165) is 12.0 Å². The van der Waals surface area contributed by atoms with Gasteiger partial charge in [-0.05, 0) is 32.2 Å². The van der Waals surface area contributed by atoms with Crippen molar-refractivity contribution in [2.45, 2.75) is 19.4 Å². The Balaban J connectivity index is 2.18. The van der Waals surface area contributed by atoms with E-state index in [1.54, 1.807) is 0 Å². The molecule has 2 unspecified atom stereocenters. The zero-order valence-electron chi connectivity index (χ0n) is 9.05. The van der Waals surface area contributed by atoms with E-state index in [1.165, 1.54) is 31.8 Å². The molecule has 1 saturated heterocycles. The second kappa shape index (κ2) is 5.89. The predicted octanol–water partition coefficient (Wildman–Crippen LogP) is 1.28. The van der Waals surface area contributed by atoms with Gasteiger partial charge in [0.2, 0.25) is 0 Å². The SMILES string of the molecule is CSCCNC1CCN(C)CC1C. The molecule has 2 atom stereocenters. The van der Waals surface area contributed by atoms with Gasteiger partial charge in [-0.2, -0.15) is 11.8 Å². The molecule has 0 spiro atoms. The third-order valence-electron chi connectivity index (χ3n) is 2.82. The number of rotatable bonds is 4. The third-order valence-corrected chi connectivity index (χ3v) is 3.43. The van der Waals surface area contributed by atoms with Gasteiger partial charge in [0.25, 0.3) is 0 Å². The van der Waals surface area contributed by atoms with Crippen LogP contribution in [0.4, 0.5) is 0 Å². The monoisotopic (exact) mass is 202 g/mol. The number of hydrogen-bond acceptors (Lipinski definition) is 3. The number of likely N-dealkylation sites (tertiary alicyclic amines) is 1. The van der Waals surface area contributed by atoms with Crippen LogP contribution in [0, 0.1) is 5.92 Å². The lowest BCUT2D eigenvalue weighted by Gasteiger charge is -2.35. The molecular weight excluding hydrogens is 180 g/mol. The molecule has 1 N–H and O–H groups in total. The minimum absolute atomic E-state index is 0.753. The van der Waals surface area contributed by atoms with Gasteiger partial charge in [-0.3, -0.25) is 0 Å². The Morgan fingerprint density at radius 2 is 2.31 bits per heavy atom. The molecule has 0 aromatic heterocycles. The molecule has 0 aromatic rings. The molecule has 13 heavy (non-hydrogen) atoms. The minimum atomic E-state index is 0.753. The molecule has 0 amide bonds. The molecule has 3 heteroatoms. The first-order chi connectivity index (χ1) is 6.24. The zero-order valence-corrected chi connectivity index (χ0v) is 9.86. The van der Waals surface area contributed by atoms with Crippen LogP contribution in [0.2, 0.25) is 0 Å². The van der Waals surface area contributed by atoms with E-state index in [9.17, 15) is 0 Å². The average molecular weight is 202 g/mol. The van der Waals surface area contributed by atoms with Crippen LogP contribution in [0.25, 0.3) is 0 Å². The largest absolute Gasteiger partial charge is 0.313 e. The summed E-state index contributed by atoms with van der Waals surface area (Å²) in [6.07, 6.45) is 3.48. The molecule has 0 saturated carbocycles. The lowest BCUT2D eigenvalue weighted by Crippen LogP contribution is -2.47. The van der Waals surface area contributed by atoms with E-state index in [0.29, 0.717) is 0 Å². The van der Waals surface area contributed by atoms with E-state index in [-0.39, 0.29) is 0 Å². The van der Waals surface area contributed by atoms with Crippen LogP contribution in [0.15, 0.2) is 0 Å². The first-order valence-corrected chi connectivity index (χ1v) is 6.54. The molecule has 78 valence electrons. The molecule has 0 bridgehead atoms. The average Bonchev–Trinajstić information content (AvgIpc) is 2.09. The zero-order chi connectivity index (χ0) is 9.68. The first kappa shape index (κ1) is 11.3. The van der Waals surface area contributed by atoms with Crippen molar-refractivity contribution in [3.8, 4) is 0 Å². The van der Waals surface area contributed by atoms with Crippen LogP contribution in [-0.2, 0) is 0 Å². The van der Waals surface area contributed by atoms with E-state index >= 15 is 0 Å². The molecule has 0 radical (unpaired) electrons. The summed E-state index contributed by atoms with van der Waals surface area (Å²) in [7, 11) is 2.22. The number of hydrogen-bond donors (Lipinski definition) is 1. The predicted molar refractivity (Wildman–Crippen MR) is 61.5 cm³/mol. The van der Waals surface area contributed by atoms with E-state index in [4.69, 9.17) is 0 Å². The van der Waals surface area contributed by atoms with Crippen molar-refractivity contribution in [3.05, 3.63) is 0 Å². The van der Waals surface area contributed by atoms with Crippen LogP contribution >= 0.6 is 11.8 Å². The van der Waals surface area contributed by atoms with Gasteiger partial charge in [0.05, 0.1) is 0 Å². The number of nitrogens with one attached hydrogen (secondary N) is 1. The van der Waals surface area contributed by atoms with E-state index in [2.05, 4.69) is 30.4 Å². The number of nitrogens with zero attached hydrogens (tertiary/aromatic N) is 1. The second-order valence-electron chi connectivity index (χ2n) is 4.08. The summed E-state index contributed by atoms with van der Waals surface area (Å²) in [5, 5.41) is 3.65. The molecule has 1 fully saturated rings. The normalized spacial score (nSPS) is 30.7. The lowest BCUT2D eigenvalue weighted by atomic mass is 9.94. The topological polar surface area (TPSA) is 15.3 Å². The van der Waals surface area contributed by atoms with E-state index in [1.807, 2.05) is 11.8 Å². The lowest BCUT2D eigenvalue weighted by molar-refractivity contribution is 0.177. The Kier molecular flexibility index (Phi) is 5.14. The van der Waals surface area contributed by atoms with Crippen molar-refractivity contribution >= 4 is 11.8 Å². The minimum Gasteiger partial charge on any atom is -0.313 e. The summed E-state index contributed by atoms with van der Waals surface area (Å²) in [6, 6.07) is 0.753. The van der Waals surface area contributed by atoms with Gasteiger partial charge >= 0.3 is 0 Å². The fourth-order valence-electron chi connectivity index (χ4n) is 2.00. The van der Waals surface area contributed by atoms with E-state index < -0.39 is 0 Å². The van der Waals surface area contributed by atoms with Crippen molar-refractivity contribution in [1.29, 1.82) is 0 Å². The van der Waals surface area contributed by atoms with Crippen LogP contribution in [0.1, 0.15) is 13.3 Å². The Hall–Kier alpha value is 0.270. The van der Waals surface area contributed by atoms with Crippen molar-refractivity contribution in [2.75, 3.05) is 38.7 Å². The van der Waals surface area contributed by atoms with Gasteiger partial charge in [-0.15, -0.1) is 0 Å². The Labute approximate surface area is 86.5 Å². The quantitative estimate of drug-likeness (QED) is 0.691. The van der Waals surface area contributed by atoms with Crippen molar-refractivity contribution in [3.63, 3.8) is 0 Å². The summed E-state index contributed by atoms with van der Waals surface area (Å²) in [5.74, 6) is 2.04. The Morgan fingerprint density at radius 3 is 2.92 bits per heavy atom. The summed E-state index contributed by atoms with van der Waals surface area (Å²) in [6.45, 7) is 6.02. The molecule has 1 rings (SSSR count). The van der Waals surface area contributed by atoms with Gasteiger partial charge in [-0.1, -0.05) is 6.92 Å². The van der Waals surface area contributed by atoms with Gasteiger partial charge in [0, 0.05) is 24.9 Å². The molecule has 0 aliphatic carbocycles. The third kappa shape index (κ3) is 3.88. The second-order valence-corrected chi connectivity index (χ2v) is 5.07. The van der Waals surface area contributed by atoms with Gasteiger partial charge in [0.15, 0.2) is 0 Å². The van der Waals surface area contributed by atoms with Crippen LogP contribution in [0.3, 0.4) is 0 Å². The summed E-state index contributed by atoms with van der Waals surface area (Å²) >= 11 is 1.92. The van der Waals surface area contributed by atoms with Gasteiger partial charge in [0.1, 0.15) is 0 Å². The van der Waals surface area contributed by atoms with Gasteiger partial charge < -0.3 is 10.2 Å². The Morgan fingerprint density at radius 1 is 1.54 bits per heavy atom. The van der Waals surface area contributed by atoms with Crippen molar-refractivity contribution in [2.24, 2.45) is 5.92 Å². The van der Waals surface area contributed by atoms with Gasteiger partial charge in [-0.25, -0.2) is 0 Å². The molecule has 1 aliphatic rings. The smallest absolute Gasteiger partial charge is 0.0117 e. The summed E-state index contributed by atoms with van der Waals surface area (Å²) < 4.78 is 0. The Bertz CT molecular complexity index is 141. The highest BCUT2D eigenvalue weighted by molar-refractivity contribution is 7.98. The van der Waals surface area contributed by atoms with Crippen molar-refractivity contribution in [1.82, 2.24) is 10.2 Å². The number of thioether (sulfide) groups is 1. The maximum absolute atomic E-state index is 3.65. The van der Waals surface area contributed by atoms with Crippen LogP contribution in [-0.4, -0.2) is 49.6 Å². The summed E-state index contributed by atoms with van der Waals surface area (Å²) in [5.41, 5.74) is 0. The molecule has 1 heterocycles. The number of piperidine rings is 1. The summed E-state index contributed by atoms with van der Waals surface area (Å²) in [4.78, 5) is 2.43. The maximum atomic E-state index is 3.65. The fourth-order valence-corrected chi connectivity index (χ4v) is 2.33. The van der Waals surface area contributed by atoms with Crippen molar-refractivity contribution < 1.29 is 0 Å². The molecular formula is C10H22N2S. The highest BCUT2D eigenvalue weighted by Gasteiger charge is 2.22.